The number of carbonyl (C=O) groups excluding carboxylic acids is 1. The number of benzene rings is 1. The van der Waals surface area contributed by atoms with Crippen molar-refractivity contribution in [3.05, 3.63) is 42.5 Å². The predicted octanol–water partition coefficient (Wildman–Crippen LogP) is 1.92. The second-order valence-corrected chi connectivity index (χ2v) is 5.88. The summed E-state index contributed by atoms with van der Waals surface area (Å²) in [6.07, 6.45) is 4.05. The highest BCUT2D eigenvalue weighted by Gasteiger charge is 2.35. The molecule has 1 saturated heterocycles. The zero-order valence-corrected chi connectivity index (χ0v) is 14.5. The number of carbonyl (C=O) groups is 1. The predicted molar refractivity (Wildman–Crippen MR) is 93.5 cm³/mol. The van der Waals surface area contributed by atoms with Crippen LogP contribution in [0.1, 0.15) is 23.7 Å². The molecule has 1 aliphatic rings. The van der Waals surface area contributed by atoms with Crippen molar-refractivity contribution in [2.45, 2.75) is 13.3 Å². The van der Waals surface area contributed by atoms with Gasteiger partial charge in [0, 0.05) is 18.7 Å². The van der Waals surface area contributed by atoms with Crippen LogP contribution >= 0.6 is 24.8 Å². The van der Waals surface area contributed by atoms with Gasteiger partial charge >= 0.3 is 0 Å². The number of aromatic nitrogens is 3. The molecule has 2 N–H and O–H groups in total. The monoisotopic (exact) mass is 357 g/mol. The maximum atomic E-state index is 12.6. The first-order valence-corrected chi connectivity index (χ1v) is 7.06. The van der Waals surface area contributed by atoms with Gasteiger partial charge in [0.05, 0.1) is 5.69 Å². The van der Waals surface area contributed by atoms with Crippen molar-refractivity contribution in [3.63, 3.8) is 0 Å². The van der Waals surface area contributed by atoms with Crippen molar-refractivity contribution in [1.82, 2.24) is 19.7 Å². The number of amides is 1. The van der Waals surface area contributed by atoms with E-state index in [1.807, 2.05) is 29.2 Å². The lowest BCUT2D eigenvalue weighted by Gasteiger charge is -2.22. The number of nitrogens with two attached hydrogens (primary N) is 1. The highest BCUT2D eigenvalue weighted by atomic mass is 35.5. The van der Waals surface area contributed by atoms with Crippen molar-refractivity contribution in [3.8, 4) is 5.69 Å². The molecule has 1 aliphatic heterocycles. The lowest BCUT2D eigenvalue weighted by molar-refractivity contribution is 0.0777. The standard InChI is InChI=1S/C15H19N5O.2ClH/c1-15(8-16)5-6-19(9-15)14(21)12-3-2-4-13(7-12)20-11-17-10-18-20;;/h2-4,7,10-11H,5-6,8-9,16H2,1H3;2*1H. The first kappa shape index (κ1) is 19.4. The van der Waals surface area contributed by atoms with Gasteiger partial charge in [-0.3, -0.25) is 4.79 Å². The van der Waals surface area contributed by atoms with Crippen LogP contribution in [0.4, 0.5) is 0 Å². The molecule has 0 saturated carbocycles. The molecule has 0 spiro atoms. The third-order valence-electron chi connectivity index (χ3n) is 4.11. The van der Waals surface area contributed by atoms with Crippen LogP contribution in [0.15, 0.2) is 36.9 Å². The van der Waals surface area contributed by atoms with Crippen LogP contribution in [0.3, 0.4) is 0 Å². The number of halogens is 2. The Labute approximate surface area is 147 Å². The summed E-state index contributed by atoms with van der Waals surface area (Å²) in [7, 11) is 0. The van der Waals surface area contributed by atoms with E-state index >= 15 is 0 Å². The molecule has 0 bridgehead atoms. The van der Waals surface area contributed by atoms with E-state index in [0.717, 1.165) is 25.2 Å². The second kappa shape index (κ2) is 7.77. The third-order valence-corrected chi connectivity index (χ3v) is 4.11. The Kier molecular flexibility index (Phi) is 6.56. The molecule has 1 atom stereocenters. The molecule has 0 aliphatic carbocycles. The van der Waals surface area contributed by atoms with Crippen molar-refractivity contribution in [2.75, 3.05) is 19.6 Å². The van der Waals surface area contributed by atoms with E-state index in [2.05, 4.69) is 17.0 Å². The van der Waals surface area contributed by atoms with E-state index in [-0.39, 0.29) is 36.1 Å². The topological polar surface area (TPSA) is 77.0 Å². The van der Waals surface area contributed by atoms with E-state index in [0.29, 0.717) is 12.1 Å². The van der Waals surface area contributed by atoms with Crippen molar-refractivity contribution < 1.29 is 4.79 Å². The van der Waals surface area contributed by atoms with Gasteiger partial charge < -0.3 is 10.6 Å². The summed E-state index contributed by atoms with van der Waals surface area (Å²) in [6, 6.07) is 7.44. The quantitative estimate of drug-likeness (QED) is 0.910. The van der Waals surface area contributed by atoms with E-state index in [1.165, 1.54) is 6.33 Å². The van der Waals surface area contributed by atoms with Gasteiger partial charge in [0.15, 0.2) is 0 Å². The molecule has 1 unspecified atom stereocenters. The van der Waals surface area contributed by atoms with Crippen molar-refractivity contribution in [2.24, 2.45) is 11.1 Å². The Balaban J connectivity index is 0.00000132. The third kappa shape index (κ3) is 4.02. The van der Waals surface area contributed by atoms with E-state index in [9.17, 15) is 4.79 Å². The van der Waals surface area contributed by atoms with Crippen LogP contribution in [-0.4, -0.2) is 45.2 Å². The fraction of sp³-hybridized carbons (Fsp3) is 0.400. The normalized spacial score (nSPS) is 19.8. The number of nitrogens with zero attached hydrogens (tertiary/aromatic N) is 4. The van der Waals surface area contributed by atoms with Crippen LogP contribution in [0.5, 0.6) is 0 Å². The lowest BCUT2D eigenvalue weighted by Crippen LogP contribution is -2.34. The first-order chi connectivity index (χ1) is 10.1. The summed E-state index contributed by atoms with van der Waals surface area (Å²) >= 11 is 0. The van der Waals surface area contributed by atoms with E-state index in [4.69, 9.17) is 5.73 Å². The summed E-state index contributed by atoms with van der Waals surface area (Å²) in [5.74, 6) is 0.0501. The highest BCUT2D eigenvalue weighted by Crippen LogP contribution is 2.29. The summed E-state index contributed by atoms with van der Waals surface area (Å²) in [4.78, 5) is 18.4. The molecule has 1 amide bonds. The molecule has 6 nitrogen and oxygen atoms in total. The van der Waals surface area contributed by atoms with E-state index in [1.54, 1.807) is 11.0 Å². The fourth-order valence-corrected chi connectivity index (χ4v) is 2.67. The number of hydrogen-bond acceptors (Lipinski definition) is 4. The van der Waals surface area contributed by atoms with Gasteiger partial charge in [-0.05, 0) is 36.6 Å². The maximum Gasteiger partial charge on any atom is 0.253 e. The van der Waals surface area contributed by atoms with Gasteiger partial charge in [0.25, 0.3) is 5.91 Å². The molecule has 23 heavy (non-hydrogen) atoms. The molecule has 1 aromatic carbocycles. The number of hydrogen-bond donors (Lipinski definition) is 1. The van der Waals surface area contributed by atoms with Gasteiger partial charge in [-0.15, -0.1) is 24.8 Å². The molecule has 3 rings (SSSR count). The summed E-state index contributed by atoms with van der Waals surface area (Å²) in [6.45, 7) is 4.22. The zero-order chi connectivity index (χ0) is 14.9. The van der Waals surface area contributed by atoms with Gasteiger partial charge in [0.2, 0.25) is 0 Å². The summed E-state index contributed by atoms with van der Waals surface area (Å²) < 4.78 is 1.64. The molecule has 126 valence electrons. The minimum Gasteiger partial charge on any atom is -0.338 e. The van der Waals surface area contributed by atoms with Gasteiger partial charge in [-0.2, -0.15) is 5.10 Å². The van der Waals surface area contributed by atoms with Gasteiger partial charge in [0.1, 0.15) is 12.7 Å². The Morgan fingerprint density at radius 3 is 2.78 bits per heavy atom. The SMILES string of the molecule is CC1(CN)CCN(C(=O)c2cccc(-n3cncn3)c2)C1.Cl.Cl. The fourth-order valence-electron chi connectivity index (χ4n) is 2.67. The minimum absolute atomic E-state index is 0. The summed E-state index contributed by atoms with van der Waals surface area (Å²) in [5, 5.41) is 4.08. The number of rotatable bonds is 3. The molecule has 2 aromatic rings. The van der Waals surface area contributed by atoms with Crippen molar-refractivity contribution >= 4 is 30.7 Å². The molecular formula is C15H21Cl2N5O. The zero-order valence-electron chi connectivity index (χ0n) is 12.9. The van der Waals surface area contributed by atoms with E-state index < -0.39 is 0 Å². The van der Waals surface area contributed by atoms with Crippen molar-refractivity contribution in [1.29, 1.82) is 0 Å². The minimum atomic E-state index is 0. The average molecular weight is 358 g/mol. The second-order valence-electron chi connectivity index (χ2n) is 5.88. The molecule has 0 radical (unpaired) electrons. The smallest absolute Gasteiger partial charge is 0.253 e. The van der Waals surface area contributed by atoms with Crippen LogP contribution < -0.4 is 5.73 Å². The van der Waals surface area contributed by atoms with Gasteiger partial charge in [-0.25, -0.2) is 9.67 Å². The largest absolute Gasteiger partial charge is 0.338 e. The summed E-state index contributed by atoms with van der Waals surface area (Å²) in [5.41, 5.74) is 7.34. The maximum absolute atomic E-state index is 12.6. The number of likely N-dealkylation sites (tertiary alicyclic amines) is 1. The van der Waals surface area contributed by atoms with Crippen LogP contribution in [-0.2, 0) is 0 Å². The Morgan fingerprint density at radius 2 is 2.17 bits per heavy atom. The molecule has 8 heteroatoms. The first-order valence-electron chi connectivity index (χ1n) is 7.06. The van der Waals surface area contributed by atoms with Crippen LogP contribution in [0.25, 0.3) is 5.69 Å². The highest BCUT2D eigenvalue weighted by molar-refractivity contribution is 5.95. The van der Waals surface area contributed by atoms with Gasteiger partial charge in [-0.1, -0.05) is 13.0 Å². The van der Waals surface area contributed by atoms with Crippen LogP contribution in [0, 0.1) is 5.41 Å². The molecule has 2 heterocycles. The Hall–Kier alpha value is -1.63. The molecular weight excluding hydrogens is 337 g/mol. The Bertz CT molecular complexity index is 649. The average Bonchev–Trinajstić information content (AvgIpc) is 3.17. The molecule has 1 aromatic heterocycles. The Morgan fingerprint density at radius 1 is 1.39 bits per heavy atom. The molecule has 1 fully saturated rings. The lowest BCUT2D eigenvalue weighted by atomic mass is 9.90. The van der Waals surface area contributed by atoms with Crippen LogP contribution in [0.2, 0.25) is 0 Å².